The fraction of sp³-hybridized carbons (Fsp3) is 0.357. The maximum atomic E-state index is 5.92. The van der Waals surface area contributed by atoms with Crippen LogP contribution in [0.2, 0.25) is 0 Å². The minimum Gasteiger partial charge on any atom is -0.330 e. The van der Waals surface area contributed by atoms with Gasteiger partial charge in [0, 0.05) is 24.4 Å². The molecule has 1 fully saturated rings. The van der Waals surface area contributed by atoms with Gasteiger partial charge in [0.15, 0.2) is 0 Å². The fourth-order valence-corrected chi connectivity index (χ4v) is 2.60. The molecule has 0 spiro atoms. The molecule has 3 rings (SSSR count). The molecule has 1 aliphatic carbocycles. The average molecular weight is 227 g/mol. The van der Waals surface area contributed by atoms with Crippen molar-refractivity contribution in [2.75, 3.05) is 6.54 Å². The molecule has 0 bridgehead atoms. The number of aromatic nitrogens is 2. The average Bonchev–Trinajstić information content (AvgIpc) is 2.83. The Hall–Kier alpha value is -1.61. The Morgan fingerprint density at radius 1 is 1.24 bits per heavy atom. The van der Waals surface area contributed by atoms with E-state index in [0.29, 0.717) is 0 Å². The second-order valence-corrected chi connectivity index (χ2v) is 4.84. The molecule has 1 aromatic carbocycles. The molecule has 3 nitrogen and oxygen atoms in total. The summed E-state index contributed by atoms with van der Waals surface area (Å²) in [5, 5.41) is 4.22. The first-order valence-electron chi connectivity index (χ1n) is 6.15. The minimum atomic E-state index is 0.253. The monoisotopic (exact) mass is 227 g/mol. The zero-order valence-corrected chi connectivity index (χ0v) is 9.84. The molecule has 0 unspecified atom stereocenters. The van der Waals surface area contributed by atoms with Crippen LogP contribution in [-0.2, 0) is 5.41 Å². The van der Waals surface area contributed by atoms with Crippen molar-refractivity contribution in [2.45, 2.75) is 24.7 Å². The molecule has 17 heavy (non-hydrogen) atoms. The summed E-state index contributed by atoms with van der Waals surface area (Å²) in [7, 11) is 0. The van der Waals surface area contributed by atoms with Crippen LogP contribution in [-0.4, -0.2) is 16.3 Å². The normalized spacial score (nSPS) is 17.7. The van der Waals surface area contributed by atoms with Crippen molar-refractivity contribution in [3.63, 3.8) is 0 Å². The Kier molecular flexibility index (Phi) is 2.48. The summed E-state index contributed by atoms with van der Waals surface area (Å²) >= 11 is 0. The number of nitrogens with zero attached hydrogens (tertiary/aromatic N) is 2. The van der Waals surface area contributed by atoms with Gasteiger partial charge in [-0.05, 0) is 36.6 Å². The van der Waals surface area contributed by atoms with E-state index < -0.39 is 0 Å². The highest BCUT2D eigenvalue weighted by Gasteiger charge is 2.36. The van der Waals surface area contributed by atoms with Crippen LogP contribution < -0.4 is 5.73 Å². The fourth-order valence-electron chi connectivity index (χ4n) is 2.60. The molecule has 2 N–H and O–H groups in total. The lowest BCUT2D eigenvalue weighted by atomic mass is 9.64. The SMILES string of the molecule is NCC1(c2ccc(-n3cccn3)cc2)CCC1. The standard InChI is InChI=1S/C14H17N3/c15-11-14(7-1-8-14)12-3-5-13(6-4-12)17-10-2-9-16-17/h2-6,9-10H,1,7-8,11,15H2. The van der Waals surface area contributed by atoms with Crippen LogP contribution in [0.4, 0.5) is 0 Å². The molecule has 0 saturated heterocycles. The van der Waals surface area contributed by atoms with E-state index in [2.05, 4.69) is 29.4 Å². The van der Waals surface area contributed by atoms with Gasteiger partial charge in [0.2, 0.25) is 0 Å². The molecule has 1 saturated carbocycles. The zero-order valence-electron chi connectivity index (χ0n) is 9.84. The molecule has 1 aliphatic rings. The van der Waals surface area contributed by atoms with E-state index in [1.807, 2.05) is 16.9 Å². The Bertz CT molecular complexity index is 475. The number of rotatable bonds is 3. The lowest BCUT2D eigenvalue weighted by Gasteiger charge is -2.41. The summed E-state index contributed by atoms with van der Waals surface area (Å²) in [6.45, 7) is 0.758. The van der Waals surface area contributed by atoms with Gasteiger partial charge in [0.1, 0.15) is 0 Å². The number of benzene rings is 1. The molecule has 0 aliphatic heterocycles. The predicted molar refractivity (Wildman–Crippen MR) is 68.1 cm³/mol. The van der Waals surface area contributed by atoms with Gasteiger partial charge in [-0.15, -0.1) is 0 Å². The molecule has 88 valence electrons. The van der Waals surface area contributed by atoms with Gasteiger partial charge in [-0.1, -0.05) is 18.6 Å². The molecule has 0 amide bonds. The van der Waals surface area contributed by atoms with Crippen molar-refractivity contribution in [3.05, 3.63) is 48.3 Å². The van der Waals surface area contributed by atoms with Crippen LogP contribution in [0.1, 0.15) is 24.8 Å². The van der Waals surface area contributed by atoms with E-state index in [4.69, 9.17) is 5.73 Å². The molecule has 0 radical (unpaired) electrons. The molecular weight excluding hydrogens is 210 g/mol. The van der Waals surface area contributed by atoms with Crippen LogP contribution >= 0.6 is 0 Å². The minimum absolute atomic E-state index is 0.253. The van der Waals surface area contributed by atoms with E-state index in [-0.39, 0.29) is 5.41 Å². The molecule has 0 atom stereocenters. The predicted octanol–water partition coefficient (Wildman–Crippen LogP) is 2.25. The van der Waals surface area contributed by atoms with Gasteiger partial charge in [-0.25, -0.2) is 4.68 Å². The maximum absolute atomic E-state index is 5.92. The van der Waals surface area contributed by atoms with Crippen LogP contribution in [0.3, 0.4) is 0 Å². The second-order valence-electron chi connectivity index (χ2n) is 4.84. The molecule has 3 heteroatoms. The van der Waals surface area contributed by atoms with Crippen molar-refractivity contribution in [3.8, 4) is 5.69 Å². The van der Waals surface area contributed by atoms with Crippen molar-refractivity contribution in [2.24, 2.45) is 5.73 Å². The first-order chi connectivity index (χ1) is 8.34. The summed E-state index contributed by atoms with van der Waals surface area (Å²) in [4.78, 5) is 0. The third kappa shape index (κ3) is 1.67. The van der Waals surface area contributed by atoms with Gasteiger partial charge in [-0.3, -0.25) is 0 Å². The lowest BCUT2D eigenvalue weighted by Crippen LogP contribution is -2.41. The van der Waals surface area contributed by atoms with Crippen molar-refractivity contribution >= 4 is 0 Å². The summed E-state index contributed by atoms with van der Waals surface area (Å²) in [5.74, 6) is 0. The highest BCUT2D eigenvalue weighted by Crippen LogP contribution is 2.42. The van der Waals surface area contributed by atoms with Crippen LogP contribution in [0.25, 0.3) is 5.69 Å². The topological polar surface area (TPSA) is 43.8 Å². The van der Waals surface area contributed by atoms with E-state index in [0.717, 1.165) is 12.2 Å². The molecule has 1 heterocycles. The van der Waals surface area contributed by atoms with Gasteiger partial charge < -0.3 is 5.73 Å². The quantitative estimate of drug-likeness (QED) is 0.874. The summed E-state index contributed by atoms with van der Waals surface area (Å²) in [6, 6.07) is 10.6. The van der Waals surface area contributed by atoms with E-state index in [9.17, 15) is 0 Å². The highest BCUT2D eigenvalue weighted by molar-refractivity contribution is 5.38. The molecule has 2 aromatic rings. The van der Waals surface area contributed by atoms with Gasteiger partial charge >= 0.3 is 0 Å². The Morgan fingerprint density at radius 3 is 2.47 bits per heavy atom. The third-order valence-corrected chi connectivity index (χ3v) is 3.95. The number of hydrogen-bond donors (Lipinski definition) is 1. The first-order valence-corrected chi connectivity index (χ1v) is 6.15. The molecule has 1 aromatic heterocycles. The van der Waals surface area contributed by atoms with Crippen LogP contribution in [0, 0.1) is 0 Å². The van der Waals surface area contributed by atoms with Crippen molar-refractivity contribution in [1.29, 1.82) is 0 Å². The number of hydrogen-bond acceptors (Lipinski definition) is 2. The summed E-state index contributed by atoms with van der Waals surface area (Å²) < 4.78 is 1.87. The number of nitrogens with two attached hydrogens (primary N) is 1. The van der Waals surface area contributed by atoms with E-state index in [1.54, 1.807) is 6.20 Å². The molecular formula is C14H17N3. The lowest BCUT2D eigenvalue weighted by molar-refractivity contribution is 0.253. The zero-order chi connectivity index (χ0) is 11.7. The van der Waals surface area contributed by atoms with Crippen molar-refractivity contribution in [1.82, 2.24) is 9.78 Å². The van der Waals surface area contributed by atoms with E-state index >= 15 is 0 Å². The smallest absolute Gasteiger partial charge is 0.0645 e. The maximum Gasteiger partial charge on any atom is 0.0645 e. The summed E-state index contributed by atoms with van der Waals surface area (Å²) in [5.41, 5.74) is 8.65. The Morgan fingerprint density at radius 2 is 2.00 bits per heavy atom. The highest BCUT2D eigenvalue weighted by atomic mass is 15.3. The first kappa shape index (κ1) is 10.5. The van der Waals surface area contributed by atoms with Gasteiger partial charge in [0.05, 0.1) is 5.69 Å². The van der Waals surface area contributed by atoms with Crippen LogP contribution in [0.15, 0.2) is 42.7 Å². The van der Waals surface area contributed by atoms with Crippen molar-refractivity contribution < 1.29 is 0 Å². The summed E-state index contributed by atoms with van der Waals surface area (Å²) in [6.07, 6.45) is 7.51. The largest absolute Gasteiger partial charge is 0.330 e. The van der Waals surface area contributed by atoms with Crippen LogP contribution in [0.5, 0.6) is 0 Å². The van der Waals surface area contributed by atoms with Gasteiger partial charge in [-0.2, -0.15) is 5.10 Å². The Labute approximate surface area is 101 Å². The second kappa shape index (κ2) is 4.00. The van der Waals surface area contributed by atoms with E-state index in [1.165, 1.54) is 24.8 Å². The third-order valence-electron chi connectivity index (χ3n) is 3.95. The Balaban J connectivity index is 1.90. The van der Waals surface area contributed by atoms with Gasteiger partial charge in [0.25, 0.3) is 0 Å².